The van der Waals surface area contributed by atoms with Gasteiger partial charge in [0.05, 0.1) is 12.8 Å². The van der Waals surface area contributed by atoms with E-state index in [9.17, 15) is 5.11 Å². The van der Waals surface area contributed by atoms with Gasteiger partial charge in [0.2, 0.25) is 0 Å². The first kappa shape index (κ1) is 11.9. The van der Waals surface area contributed by atoms with Crippen molar-refractivity contribution in [3.63, 3.8) is 0 Å². The maximum atomic E-state index is 9.60. The molecule has 0 aliphatic carbocycles. The van der Waals surface area contributed by atoms with Gasteiger partial charge in [0, 0.05) is 11.8 Å². The molecule has 0 aliphatic rings. The first-order valence-electron chi connectivity index (χ1n) is 5.33. The number of azo groups is 1. The van der Waals surface area contributed by atoms with E-state index in [1.54, 1.807) is 43.5 Å². The monoisotopic (exact) mass is 243 g/mol. The van der Waals surface area contributed by atoms with Crippen LogP contribution in [0.4, 0.5) is 17.1 Å². The number of ether oxygens (including phenoxy) is 1. The molecule has 0 saturated carbocycles. The number of hydrogen-bond donors (Lipinski definition) is 2. The second-order valence-electron chi connectivity index (χ2n) is 3.65. The third-order valence-corrected chi connectivity index (χ3v) is 2.35. The molecule has 0 atom stereocenters. The van der Waals surface area contributed by atoms with Gasteiger partial charge in [-0.1, -0.05) is 0 Å². The summed E-state index contributed by atoms with van der Waals surface area (Å²) in [5.41, 5.74) is 7.05. The van der Waals surface area contributed by atoms with E-state index in [2.05, 4.69) is 10.2 Å². The SMILES string of the molecule is COc1ccc(N=Nc2ccc(N)cc2O)cc1. The number of phenolic OH excluding ortho intramolecular Hbond substituents is 1. The second-order valence-corrected chi connectivity index (χ2v) is 3.65. The molecule has 92 valence electrons. The molecule has 2 rings (SSSR count). The van der Waals surface area contributed by atoms with Gasteiger partial charge in [-0.3, -0.25) is 0 Å². The Morgan fingerprint density at radius 1 is 1.06 bits per heavy atom. The van der Waals surface area contributed by atoms with Crippen molar-refractivity contribution in [2.24, 2.45) is 10.2 Å². The van der Waals surface area contributed by atoms with E-state index in [1.165, 1.54) is 6.07 Å². The lowest BCUT2D eigenvalue weighted by molar-refractivity contribution is 0.415. The minimum Gasteiger partial charge on any atom is -0.506 e. The highest BCUT2D eigenvalue weighted by molar-refractivity contribution is 5.58. The molecule has 0 aromatic heterocycles. The Morgan fingerprint density at radius 2 is 1.78 bits per heavy atom. The van der Waals surface area contributed by atoms with Crippen LogP contribution in [0.1, 0.15) is 0 Å². The number of nitrogens with two attached hydrogens (primary N) is 1. The third-order valence-electron chi connectivity index (χ3n) is 2.35. The lowest BCUT2D eigenvalue weighted by Gasteiger charge is -2.00. The maximum absolute atomic E-state index is 9.60. The highest BCUT2D eigenvalue weighted by Crippen LogP contribution is 2.30. The highest BCUT2D eigenvalue weighted by Gasteiger charge is 1.99. The van der Waals surface area contributed by atoms with Gasteiger partial charge in [-0.15, -0.1) is 5.11 Å². The van der Waals surface area contributed by atoms with Crippen molar-refractivity contribution in [2.45, 2.75) is 0 Å². The van der Waals surface area contributed by atoms with Gasteiger partial charge in [0.1, 0.15) is 17.2 Å². The number of phenols is 1. The topological polar surface area (TPSA) is 80.2 Å². The fourth-order valence-electron chi connectivity index (χ4n) is 1.39. The molecule has 2 aromatic rings. The summed E-state index contributed by atoms with van der Waals surface area (Å²) >= 11 is 0. The Kier molecular flexibility index (Phi) is 3.43. The van der Waals surface area contributed by atoms with Crippen LogP contribution in [-0.2, 0) is 0 Å². The fraction of sp³-hybridized carbons (Fsp3) is 0.0769. The van der Waals surface area contributed by atoms with Crippen LogP contribution >= 0.6 is 0 Å². The number of nitrogen functional groups attached to an aromatic ring is 1. The number of anilines is 1. The number of nitrogens with zero attached hydrogens (tertiary/aromatic N) is 2. The Hall–Kier alpha value is -2.56. The highest BCUT2D eigenvalue weighted by atomic mass is 16.5. The van der Waals surface area contributed by atoms with Crippen molar-refractivity contribution < 1.29 is 9.84 Å². The van der Waals surface area contributed by atoms with Gasteiger partial charge in [-0.25, -0.2) is 0 Å². The summed E-state index contributed by atoms with van der Waals surface area (Å²) in [6.07, 6.45) is 0. The average Bonchev–Trinajstić information content (AvgIpc) is 2.38. The molecular formula is C13H13N3O2. The van der Waals surface area contributed by atoms with Gasteiger partial charge in [-0.05, 0) is 36.4 Å². The summed E-state index contributed by atoms with van der Waals surface area (Å²) in [6, 6.07) is 11.8. The zero-order valence-electron chi connectivity index (χ0n) is 9.87. The van der Waals surface area contributed by atoms with Crippen LogP contribution in [0.15, 0.2) is 52.7 Å². The van der Waals surface area contributed by atoms with Crippen molar-refractivity contribution in [2.75, 3.05) is 12.8 Å². The largest absolute Gasteiger partial charge is 0.506 e. The molecule has 2 aromatic carbocycles. The van der Waals surface area contributed by atoms with Crippen molar-refractivity contribution in [1.82, 2.24) is 0 Å². The summed E-state index contributed by atoms with van der Waals surface area (Å²) in [6.45, 7) is 0. The molecule has 0 unspecified atom stereocenters. The molecule has 5 nitrogen and oxygen atoms in total. The predicted octanol–water partition coefficient (Wildman–Crippen LogP) is 3.40. The zero-order valence-corrected chi connectivity index (χ0v) is 9.87. The quantitative estimate of drug-likeness (QED) is 0.640. The molecule has 0 aliphatic heterocycles. The molecule has 5 heteroatoms. The molecule has 0 bridgehead atoms. The van der Waals surface area contributed by atoms with Gasteiger partial charge in [0.15, 0.2) is 0 Å². The van der Waals surface area contributed by atoms with Crippen LogP contribution in [0.3, 0.4) is 0 Å². The van der Waals surface area contributed by atoms with E-state index in [0.717, 1.165) is 5.75 Å². The van der Waals surface area contributed by atoms with Gasteiger partial charge in [-0.2, -0.15) is 5.11 Å². The molecule has 0 fully saturated rings. The standard InChI is InChI=1S/C13H13N3O2/c1-18-11-5-3-10(4-6-11)15-16-12-7-2-9(14)8-13(12)17/h2-8,17H,14H2,1H3. The molecule has 0 spiro atoms. The smallest absolute Gasteiger partial charge is 0.145 e. The van der Waals surface area contributed by atoms with Crippen LogP contribution in [0, 0.1) is 0 Å². The van der Waals surface area contributed by atoms with Crippen LogP contribution in [0.2, 0.25) is 0 Å². The third kappa shape index (κ3) is 2.76. The van der Waals surface area contributed by atoms with Crippen molar-refractivity contribution >= 4 is 17.1 Å². The lowest BCUT2D eigenvalue weighted by atomic mass is 10.2. The molecule has 3 N–H and O–H groups in total. The van der Waals surface area contributed by atoms with Crippen molar-refractivity contribution in [3.05, 3.63) is 42.5 Å². The molecule has 0 saturated heterocycles. The number of benzene rings is 2. The minimum absolute atomic E-state index is 0.00672. The fourth-order valence-corrected chi connectivity index (χ4v) is 1.39. The van der Waals surface area contributed by atoms with E-state index >= 15 is 0 Å². The molecule has 0 heterocycles. The van der Waals surface area contributed by atoms with Crippen molar-refractivity contribution in [1.29, 1.82) is 0 Å². The Morgan fingerprint density at radius 3 is 2.39 bits per heavy atom. The summed E-state index contributed by atoms with van der Waals surface area (Å²) in [5, 5.41) is 17.6. The summed E-state index contributed by atoms with van der Waals surface area (Å²) < 4.78 is 5.04. The lowest BCUT2D eigenvalue weighted by Crippen LogP contribution is -1.82. The van der Waals surface area contributed by atoms with E-state index in [4.69, 9.17) is 10.5 Å². The normalized spacial score (nSPS) is 10.7. The first-order valence-corrected chi connectivity index (χ1v) is 5.33. The summed E-state index contributed by atoms with van der Waals surface area (Å²) in [7, 11) is 1.60. The number of hydrogen-bond acceptors (Lipinski definition) is 5. The van der Waals surface area contributed by atoms with E-state index in [-0.39, 0.29) is 5.75 Å². The number of aromatic hydroxyl groups is 1. The zero-order chi connectivity index (χ0) is 13.0. The second kappa shape index (κ2) is 5.18. The summed E-state index contributed by atoms with van der Waals surface area (Å²) in [4.78, 5) is 0. The Labute approximate surface area is 105 Å². The van der Waals surface area contributed by atoms with Gasteiger partial charge in [0.25, 0.3) is 0 Å². The van der Waals surface area contributed by atoms with Crippen LogP contribution in [0.25, 0.3) is 0 Å². The van der Waals surface area contributed by atoms with Crippen LogP contribution < -0.4 is 10.5 Å². The van der Waals surface area contributed by atoms with Gasteiger partial charge >= 0.3 is 0 Å². The molecule has 0 radical (unpaired) electrons. The summed E-state index contributed by atoms with van der Waals surface area (Å²) in [5.74, 6) is 0.761. The molecular weight excluding hydrogens is 230 g/mol. The molecule has 0 amide bonds. The Balaban J connectivity index is 2.19. The van der Waals surface area contributed by atoms with Crippen molar-refractivity contribution in [3.8, 4) is 11.5 Å². The molecule has 18 heavy (non-hydrogen) atoms. The van der Waals surface area contributed by atoms with E-state index in [0.29, 0.717) is 17.1 Å². The predicted molar refractivity (Wildman–Crippen MR) is 69.7 cm³/mol. The maximum Gasteiger partial charge on any atom is 0.145 e. The first-order chi connectivity index (χ1) is 8.69. The van der Waals surface area contributed by atoms with Crippen LogP contribution in [-0.4, -0.2) is 12.2 Å². The van der Waals surface area contributed by atoms with E-state index < -0.39 is 0 Å². The Bertz CT molecular complexity index is 565. The number of methoxy groups -OCH3 is 1. The van der Waals surface area contributed by atoms with E-state index in [1.807, 2.05) is 0 Å². The number of rotatable bonds is 3. The average molecular weight is 243 g/mol. The minimum atomic E-state index is 0.00672. The van der Waals surface area contributed by atoms with Gasteiger partial charge < -0.3 is 15.6 Å². The van der Waals surface area contributed by atoms with Crippen LogP contribution in [0.5, 0.6) is 11.5 Å².